The van der Waals surface area contributed by atoms with Crippen LogP contribution in [0.25, 0.3) is 0 Å². The van der Waals surface area contributed by atoms with Crippen LogP contribution in [0.3, 0.4) is 0 Å². The van der Waals surface area contributed by atoms with Gasteiger partial charge in [-0.1, -0.05) is 25.4 Å². The molecule has 0 fully saturated rings. The van der Waals surface area contributed by atoms with Crippen molar-refractivity contribution in [2.45, 2.75) is 19.9 Å². The predicted molar refractivity (Wildman–Crippen MR) is 60.4 cm³/mol. The van der Waals surface area contributed by atoms with Gasteiger partial charge in [-0.25, -0.2) is 9.98 Å². The highest BCUT2D eigenvalue weighted by Crippen LogP contribution is 2.20. The van der Waals surface area contributed by atoms with Crippen molar-refractivity contribution in [1.82, 2.24) is 4.98 Å². The van der Waals surface area contributed by atoms with Crippen molar-refractivity contribution in [3.05, 3.63) is 29.0 Å². The second kappa shape index (κ2) is 4.19. The van der Waals surface area contributed by atoms with Crippen LogP contribution in [-0.4, -0.2) is 23.5 Å². The number of rotatable bonds is 2. The summed E-state index contributed by atoms with van der Waals surface area (Å²) in [6.45, 7) is 4.88. The maximum absolute atomic E-state index is 6.01. The Morgan fingerprint density at radius 3 is 2.93 bits per heavy atom. The molecule has 4 heteroatoms. The first-order chi connectivity index (χ1) is 7.18. The number of ether oxygens (including phenoxy) is 1. The lowest BCUT2D eigenvalue weighted by atomic mass is 10.1. The van der Waals surface area contributed by atoms with Crippen molar-refractivity contribution in [3.63, 3.8) is 0 Å². The Labute approximate surface area is 94.1 Å². The quantitative estimate of drug-likeness (QED) is 0.774. The van der Waals surface area contributed by atoms with Crippen molar-refractivity contribution >= 4 is 17.5 Å². The summed E-state index contributed by atoms with van der Waals surface area (Å²) in [6, 6.07) is 3.80. The van der Waals surface area contributed by atoms with E-state index >= 15 is 0 Å². The predicted octanol–water partition coefficient (Wildman–Crippen LogP) is 2.54. The van der Waals surface area contributed by atoms with E-state index in [1.54, 1.807) is 18.3 Å². The maximum atomic E-state index is 6.01. The average molecular weight is 225 g/mol. The molecule has 0 aliphatic carbocycles. The number of halogens is 1. The topological polar surface area (TPSA) is 34.5 Å². The lowest BCUT2D eigenvalue weighted by molar-refractivity contribution is 0.291. The summed E-state index contributed by atoms with van der Waals surface area (Å²) in [5.74, 6) is 1.05. The summed E-state index contributed by atoms with van der Waals surface area (Å²) in [5, 5.41) is 0.584. The Hall–Kier alpha value is -1.09. The van der Waals surface area contributed by atoms with E-state index in [2.05, 4.69) is 23.8 Å². The minimum Gasteiger partial charge on any atom is -0.474 e. The second-order valence-electron chi connectivity index (χ2n) is 3.89. The molecule has 1 aromatic heterocycles. The normalized spacial score (nSPS) is 20.3. The van der Waals surface area contributed by atoms with Gasteiger partial charge in [-0.2, -0.15) is 0 Å². The smallest absolute Gasteiger partial charge is 0.237 e. The molecule has 3 nitrogen and oxygen atoms in total. The Balaban J connectivity index is 2.27. The van der Waals surface area contributed by atoms with Gasteiger partial charge in [0.1, 0.15) is 12.3 Å². The number of aliphatic imine (C=N–C) groups is 1. The van der Waals surface area contributed by atoms with Crippen molar-refractivity contribution in [1.29, 1.82) is 0 Å². The summed E-state index contributed by atoms with van der Waals surface area (Å²) < 4.78 is 5.50. The van der Waals surface area contributed by atoms with Gasteiger partial charge in [0.25, 0.3) is 0 Å². The molecule has 15 heavy (non-hydrogen) atoms. The van der Waals surface area contributed by atoms with Gasteiger partial charge in [0, 0.05) is 6.20 Å². The van der Waals surface area contributed by atoms with Crippen molar-refractivity contribution in [2.75, 3.05) is 6.61 Å². The molecule has 2 rings (SSSR count). The maximum Gasteiger partial charge on any atom is 0.237 e. The van der Waals surface area contributed by atoms with E-state index in [0.717, 1.165) is 0 Å². The highest BCUT2D eigenvalue weighted by Gasteiger charge is 2.24. The molecule has 0 radical (unpaired) electrons. The molecule has 0 aromatic carbocycles. The largest absolute Gasteiger partial charge is 0.474 e. The Bertz CT molecular complexity index is 390. The van der Waals surface area contributed by atoms with Gasteiger partial charge in [0.05, 0.1) is 11.1 Å². The highest BCUT2D eigenvalue weighted by atomic mass is 35.5. The van der Waals surface area contributed by atoms with Gasteiger partial charge < -0.3 is 4.74 Å². The number of hydrogen-bond donors (Lipinski definition) is 0. The van der Waals surface area contributed by atoms with Crippen LogP contribution in [0.2, 0.25) is 5.02 Å². The molecule has 1 aliphatic heterocycles. The van der Waals surface area contributed by atoms with Gasteiger partial charge in [0.2, 0.25) is 5.90 Å². The first-order valence-corrected chi connectivity index (χ1v) is 5.37. The third-order valence-electron chi connectivity index (χ3n) is 2.40. The molecule has 0 bridgehead atoms. The third kappa shape index (κ3) is 2.12. The average Bonchev–Trinajstić information content (AvgIpc) is 2.67. The van der Waals surface area contributed by atoms with Crippen molar-refractivity contribution < 1.29 is 4.74 Å². The fourth-order valence-electron chi connectivity index (χ4n) is 1.40. The number of aromatic nitrogens is 1. The van der Waals surface area contributed by atoms with Crippen LogP contribution in [0.1, 0.15) is 19.5 Å². The Kier molecular flexibility index (Phi) is 2.91. The summed E-state index contributed by atoms with van der Waals surface area (Å²) in [6.07, 6.45) is 1.69. The molecule has 1 atom stereocenters. The lowest BCUT2D eigenvalue weighted by Crippen LogP contribution is -2.13. The van der Waals surface area contributed by atoms with E-state index < -0.39 is 0 Å². The fourth-order valence-corrected chi connectivity index (χ4v) is 1.61. The molecule has 1 aliphatic rings. The van der Waals surface area contributed by atoms with E-state index in [9.17, 15) is 0 Å². The second-order valence-corrected chi connectivity index (χ2v) is 4.30. The zero-order valence-corrected chi connectivity index (χ0v) is 9.53. The Morgan fingerprint density at radius 2 is 2.33 bits per heavy atom. The van der Waals surface area contributed by atoms with Gasteiger partial charge in [-0.05, 0) is 18.1 Å². The van der Waals surface area contributed by atoms with E-state index in [0.29, 0.717) is 29.1 Å². The van der Waals surface area contributed by atoms with Crippen molar-refractivity contribution in [3.8, 4) is 0 Å². The molecule has 1 aromatic rings. The van der Waals surface area contributed by atoms with Crippen LogP contribution in [0.15, 0.2) is 23.3 Å². The van der Waals surface area contributed by atoms with Gasteiger partial charge in [-0.15, -0.1) is 0 Å². The molecule has 0 unspecified atom stereocenters. The van der Waals surface area contributed by atoms with E-state index in [-0.39, 0.29) is 6.04 Å². The minimum atomic E-state index is 0.220. The summed E-state index contributed by atoms with van der Waals surface area (Å²) in [7, 11) is 0. The minimum absolute atomic E-state index is 0.220. The van der Waals surface area contributed by atoms with Crippen LogP contribution in [-0.2, 0) is 4.74 Å². The van der Waals surface area contributed by atoms with Gasteiger partial charge >= 0.3 is 0 Å². The third-order valence-corrected chi connectivity index (χ3v) is 2.71. The molecule has 0 N–H and O–H groups in total. The molecule has 80 valence electrons. The first-order valence-electron chi connectivity index (χ1n) is 5.00. The molecule has 0 saturated carbocycles. The molecule has 2 heterocycles. The van der Waals surface area contributed by atoms with Crippen LogP contribution in [0.5, 0.6) is 0 Å². The monoisotopic (exact) mass is 224 g/mol. The standard InChI is InChI=1S/C11H13ClN2O/c1-7(2)9-6-15-11(14-9)10-8(12)4-3-5-13-10/h3-5,7,9H,6H2,1-2H3/t9-/m0/s1. The zero-order chi connectivity index (χ0) is 10.8. The molecular formula is C11H13ClN2O. The Morgan fingerprint density at radius 1 is 1.53 bits per heavy atom. The summed E-state index contributed by atoms with van der Waals surface area (Å²) >= 11 is 6.01. The number of hydrogen-bond acceptors (Lipinski definition) is 3. The van der Waals surface area contributed by atoms with Gasteiger partial charge in [0.15, 0.2) is 0 Å². The van der Waals surface area contributed by atoms with Crippen LogP contribution < -0.4 is 0 Å². The highest BCUT2D eigenvalue weighted by molar-refractivity contribution is 6.33. The van der Waals surface area contributed by atoms with E-state index in [4.69, 9.17) is 16.3 Å². The molecule has 0 spiro atoms. The molecule has 0 saturated heterocycles. The first kappa shape index (κ1) is 10.4. The van der Waals surface area contributed by atoms with E-state index in [1.807, 2.05) is 0 Å². The lowest BCUT2D eigenvalue weighted by Gasteiger charge is -2.06. The van der Waals surface area contributed by atoms with Crippen LogP contribution >= 0.6 is 11.6 Å². The summed E-state index contributed by atoms with van der Waals surface area (Å²) in [4.78, 5) is 8.63. The van der Waals surface area contributed by atoms with Crippen molar-refractivity contribution in [2.24, 2.45) is 10.9 Å². The van der Waals surface area contributed by atoms with Gasteiger partial charge in [-0.3, -0.25) is 0 Å². The molecule has 0 amide bonds. The summed E-state index contributed by atoms with van der Waals surface area (Å²) in [5.41, 5.74) is 0.641. The fraction of sp³-hybridized carbons (Fsp3) is 0.455. The van der Waals surface area contributed by atoms with Crippen LogP contribution in [0, 0.1) is 5.92 Å². The molecular weight excluding hydrogens is 212 g/mol. The van der Waals surface area contributed by atoms with E-state index in [1.165, 1.54) is 0 Å². The zero-order valence-electron chi connectivity index (χ0n) is 8.77. The number of nitrogens with zero attached hydrogens (tertiary/aromatic N) is 2. The van der Waals surface area contributed by atoms with Crippen LogP contribution in [0.4, 0.5) is 0 Å². The number of pyridine rings is 1. The SMILES string of the molecule is CC(C)[C@@H]1COC(c2ncccc2Cl)=N1.